The molecule has 1 aliphatic carbocycles. The molecule has 0 saturated heterocycles. The molecule has 0 aromatic heterocycles. The molecule has 138 valence electrons. The quantitative estimate of drug-likeness (QED) is 0.765. The lowest BCUT2D eigenvalue weighted by atomic mass is 9.89. The van der Waals surface area contributed by atoms with Gasteiger partial charge in [0.2, 0.25) is 0 Å². The number of nitrogens with one attached hydrogen (secondary N) is 1. The number of carbonyl (C=O) groups is 1. The van der Waals surface area contributed by atoms with Gasteiger partial charge in [-0.2, -0.15) is 0 Å². The van der Waals surface area contributed by atoms with Crippen LogP contribution in [0.2, 0.25) is 0 Å². The third-order valence-corrected chi connectivity index (χ3v) is 4.59. The van der Waals surface area contributed by atoms with Crippen LogP contribution in [0, 0.1) is 0 Å². The van der Waals surface area contributed by atoms with Crippen molar-refractivity contribution in [2.45, 2.75) is 37.5 Å². The predicted octanol–water partition coefficient (Wildman–Crippen LogP) is 2.49. The van der Waals surface area contributed by atoms with E-state index in [1.807, 2.05) is 30.3 Å². The summed E-state index contributed by atoms with van der Waals surface area (Å²) in [6.45, 7) is 0. The van der Waals surface area contributed by atoms with Crippen LogP contribution in [0.1, 0.15) is 29.6 Å². The molecule has 0 unspecified atom stereocenters. The van der Waals surface area contributed by atoms with Crippen molar-refractivity contribution < 1.29 is 24.5 Å². The number of ether oxygens (including phenoxy) is 2. The highest BCUT2D eigenvalue weighted by Gasteiger charge is 2.34. The van der Waals surface area contributed by atoms with Crippen LogP contribution in [0.5, 0.6) is 17.2 Å². The highest BCUT2D eigenvalue weighted by Crippen LogP contribution is 2.26. The second-order valence-electron chi connectivity index (χ2n) is 6.35. The van der Waals surface area contributed by atoms with E-state index < -0.39 is 18.1 Å². The van der Waals surface area contributed by atoms with Crippen LogP contribution in [0.4, 0.5) is 0 Å². The number of amides is 1. The number of rotatable bonds is 5. The van der Waals surface area contributed by atoms with E-state index in [9.17, 15) is 15.0 Å². The summed E-state index contributed by atoms with van der Waals surface area (Å²) in [4.78, 5) is 12.5. The van der Waals surface area contributed by atoms with E-state index in [4.69, 9.17) is 9.47 Å². The number of aromatic hydroxyl groups is 1. The lowest BCUT2D eigenvalue weighted by Gasteiger charge is -2.35. The van der Waals surface area contributed by atoms with Gasteiger partial charge in [0.05, 0.1) is 18.7 Å². The zero-order valence-electron chi connectivity index (χ0n) is 14.6. The van der Waals surface area contributed by atoms with Gasteiger partial charge in [-0.1, -0.05) is 18.2 Å². The summed E-state index contributed by atoms with van der Waals surface area (Å²) in [6.07, 6.45) is 0.984. The molecule has 1 aliphatic rings. The normalized spacial score (nSPS) is 22.5. The van der Waals surface area contributed by atoms with Crippen molar-refractivity contribution in [1.29, 1.82) is 0 Å². The standard InChI is InChI=1S/C20H23NO5/c1-25-14-10-11-15(17(22)12-14)20(24)21-16-8-5-9-18(19(16)23)26-13-6-3-2-4-7-13/h2-4,6-7,10-12,16,18-19,22-23H,5,8-9H2,1H3,(H,21,24)/t16-,18-,19-/m1/s1. The molecule has 3 rings (SSSR count). The van der Waals surface area contributed by atoms with Crippen LogP contribution in [-0.2, 0) is 0 Å². The van der Waals surface area contributed by atoms with Crippen molar-refractivity contribution in [3.63, 3.8) is 0 Å². The number of hydrogen-bond acceptors (Lipinski definition) is 5. The summed E-state index contributed by atoms with van der Waals surface area (Å²) >= 11 is 0. The van der Waals surface area contributed by atoms with Gasteiger partial charge in [-0.05, 0) is 43.5 Å². The smallest absolute Gasteiger partial charge is 0.255 e. The van der Waals surface area contributed by atoms with Gasteiger partial charge in [0.15, 0.2) is 0 Å². The van der Waals surface area contributed by atoms with E-state index in [-0.39, 0.29) is 17.4 Å². The summed E-state index contributed by atoms with van der Waals surface area (Å²) in [6, 6.07) is 13.4. The van der Waals surface area contributed by atoms with E-state index in [1.54, 1.807) is 6.07 Å². The molecule has 2 aromatic rings. The first-order chi connectivity index (χ1) is 12.6. The van der Waals surface area contributed by atoms with E-state index in [0.717, 1.165) is 12.8 Å². The van der Waals surface area contributed by atoms with Crippen molar-refractivity contribution in [1.82, 2.24) is 5.32 Å². The fourth-order valence-corrected chi connectivity index (χ4v) is 3.18. The van der Waals surface area contributed by atoms with Crippen molar-refractivity contribution in [2.24, 2.45) is 0 Å². The fourth-order valence-electron chi connectivity index (χ4n) is 3.18. The fraction of sp³-hybridized carbons (Fsp3) is 0.350. The molecule has 3 atom stereocenters. The minimum absolute atomic E-state index is 0.143. The van der Waals surface area contributed by atoms with Gasteiger partial charge in [0, 0.05) is 6.07 Å². The molecular weight excluding hydrogens is 334 g/mol. The molecular formula is C20H23NO5. The van der Waals surface area contributed by atoms with E-state index >= 15 is 0 Å². The first-order valence-electron chi connectivity index (χ1n) is 8.66. The van der Waals surface area contributed by atoms with Gasteiger partial charge in [0.1, 0.15) is 29.5 Å². The number of aliphatic hydroxyl groups is 1. The molecule has 6 heteroatoms. The monoisotopic (exact) mass is 357 g/mol. The Morgan fingerprint density at radius 3 is 2.58 bits per heavy atom. The van der Waals surface area contributed by atoms with E-state index in [0.29, 0.717) is 17.9 Å². The number of aliphatic hydroxyl groups excluding tert-OH is 1. The topological polar surface area (TPSA) is 88.0 Å². The Balaban J connectivity index is 1.66. The third-order valence-electron chi connectivity index (χ3n) is 4.59. The number of phenols is 1. The highest BCUT2D eigenvalue weighted by molar-refractivity contribution is 5.97. The summed E-state index contributed by atoms with van der Waals surface area (Å²) < 4.78 is 10.9. The average molecular weight is 357 g/mol. The number of methoxy groups -OCH3 is 1. The summed E-state index contributed by atoms with van der Waals surface area (Å²) in [5.41, 5.74) is 0.143. The molecule has 1 saturated carbocycles. The van der Waals surface area contributed by atoms with Crippen LogP contribution in [0.3, 0.4) is 0 Å². The zero-order valence-corrected chi connectivity index (χ0v) is 14.6. The molecule has 3 N–H and O–H groups in total. The Hall–Kier alpha value is -2.73. The molecule has 1 fully saturated rings. The number of benzene rings is 2. The highest BCUT2D eigenvalue weighted by atomic mass is 16.5. The molecule has 1 amide bonds. The van der Waals surface area contributed by atoms with Gasteiger partial charge in [-0.15, -0.1) is 0 Å². The Bertz CT molecular complexity index is 749. The van der Waals surface area contributed by atoms with Gasteiger partial charge in [0.25, 0.3) is 5.91 Å². The van der Waals surface area contributed by atoms with E-state index in [2.05, 4.69) is 5.32 Å². The van der Waals surface area contributed by atoms with Crippen LogP contribution >= 0.6 is 0 Å². The molecule has 0 spiro atoms. The number of carbonyl (C=O) groups excluding carboxylic acids is 1. The van der Waals surface area contributed by atoms with Crippen molar-refractivity contribution in [3.05, 3.63) is 54.1 Å². The Morgan fingerprint density at radius 1 is 1.12 bits per heavy atom. The largest absolute Gasteiger partial charge is 0.507 e. The SMILES string of the molecule is COc1ccc(C(=O)N[C@@H]2CCC[C@@H](Oc3ccccc3)[C@@H]2O)c(O)c1. The predicted molar refractivity (Wildman–Crippen MR) is 96.6 cm³/mol. The first-order valence-corrected chi connectivity index (χ1v) is 8.66. The first kappa shape index (κ1) is 18.1. The van der Waals surface area contributed by atoms with Crippen LogP contribution < -0.4 is 14.8 Å². The zero-order chi connectivity index (χ0) is 18.5. The van der Waals surface area contributed by atoms with E-state index in [1.165, 1.54) is 19.2 Å². The molecule has 26 heavy (non-hydrogen) atoms. The summed E-state index contributed by atoms with van der Waals surface area (Å²) in [5, 5.41) is 23.4. The van der Waals surface area contributed by atoms with Crippen LogP contribution in [0.25, 0.3) is 0 Å². The number of para-hydroxylation sites is 1. The molecule has 6 nitrogen and oxygen atoms in total. The second-order valence-corrected chi connectivity index (χ2v) is 6.35. The minimum Gasteiger partial charge on any atom is -0.507 e. The molecule has 0 aliphatic heterocycles. The van der Waals surface area contributed by atoms with Crippen LogP contribution in [0.15, 0.2) is 48.5 Å². The van der Waals surface area contributed by atoms with Gasteiger partial charge < -0.3 is 25.0 Å². The molecule has 2 aromatic carbocycles. The lowest BCUT2D eigenvalue weighted by molar-refractivity contribution is -0.0140. The Kier molecular flexibility index (Phi) is 5.63. The summed E-state index contributed by atoms with van der Waals surface area (Å²) in [7, 11) is 1.49. The average Bonchev–Trinajstić information content (AvgIpc) is 2.65. The molecule has 0 bridgehead atoms. The number of hydrogen-bond donors (Lipinski definition) is 3. The molecule has 0 heterocycles. The maximum absolute atomic E-state index is 12.5. The Morgan fingerprint density at radius 2 is 1.88 bits per heavy atom. The minimum atomic E-state index is -0.826. The number of phenolic OH excluding ortho intramolecular Hbond substituents is 1. The van der Waals surface area contributed by atoms with Crippen molar-refractivity contribution in [3.8, 4) is 17.2 Å². The maximum Gasteiger partial charge on any atom is 0.255 e. The summed E-state index contributed by atoms with van der Waals surface area (Å²) in [5.74, 6) is 0.559. The van der Waals surface area contributed by atoms with Gasteiger partial charge in [-0.25, -0.2) is 0 Å². The maximum atomic E-state index is 12.5. The molecule has 0 radical (unpaired) electrons. The van der Waals surface area contributed by atoms with Crippen molar-refractivity contribution in [2.75, 3.05) is 7.11 Å². The van der Waals surface area contributed by atoms with Gasteiger partial charge in [-0.3, -0.25) is 4.79 Å². The lowest BCUT2D eigenvalue weighted by Crippen LogP contribution is -2.52. The Labute approximate surface area is 152 Å². The third kappa shape index (κ3) is 4.08. The van der Waals surface area contributed by atoms with Gasteiger partial charge >= 0.3 is 0 Å². The van der Waals surface area contributed by atoms with Crippen molar-refractivity contribution >= 4 is 5.91 Å². The van der Waals surface area contributed by atoms with Crippen LogP contribution in [-0.4, -0.2) is 41.5 Å². The second kappa shape index (κ2) is 8.10.